The number of aryl methyl sites for hydroxylation is 3. The Labute approximate surface area is 171 Å². The van der Waals surface area contributed by atoms with Gasteiger partial charge in [0.15, 0.2) is 6.10 Å². The van der Waals surface area contributed by atoms with Gasteiger partial charge in [-0.2, -0.15) is 0 Å². The van der Waals surface area contributed by atoms with Crippen molar-refractivity contribution >= 4 is 21.6 Å². The molecule has 29 heavy (non-hydrogen) atoms. The lowest BCUT2D eigenvalue weighted by atomic mass is 10.1. The second-order valence-corrected chi connectivity index (χ2v) is 9.24. The molecule has 2 aromatic carbocycles. The number of rotatable bonds is 6. The van der Waals surface area contributed by atoms with Gasteiger partial charge in [0, 0.05) is 0 Å². The molecule has 3 rings (SSSR count). The zero-order chi connectivity index (χ0) is 21.2. The van der Waals surface area contributed by atoms with Crippen LogP contribution in [0.15, 0.2) is 36.4 Å². The third-order valence-corrected chi connectivity index (χ3v) is 5.69. The molecule has 0 fully saturated rings. The number of nitrogens with zero attached hydrogens (tertiary/aromatic N) is 1. The molecule has 1 N–H and O–H groups in total. The van der Waals surface area contributed by atoms with Gasteiger partial charge in [-0.25, -0.2) is 8.42 Å². The Morgan fingerprint density at radius 1 is 1.14 bits per heavy atom. The lowest BCUT2D eigenvalue weighted by molar-refractivity contribution is -0.127. The molecule has 1 aliphatic heterocycles. The first-order valence-corrected chi connectivity index (χ1v) is 11.2. The van der Waals surface area contributed by atoms with E-state index in [9.17, 15) is 13.2 Å². The molecule has 156 valence electrons. The van der Waals surface area contributed by atoms with Crippen molar-refractivity contribution < 1.29 is 22.7 Å². The van der Waals surface area contributed by atoms with Crippen LogP contribution in [0.25, 0.3) is 0 Å². The number of amides is 1. The summed E-state index contributed by atoms with van der Waals surface area (Å²) in [6.07, 6.45) is 0.189. The number of hydrogen-bond acceptors (Lipinski definition) is 5. The Bertz CT molecular complexity index is 999. The molecule has 0 aromatic heterocycles. The van der Waals surface area contributed by atoms with E-state index in [2.05, 4.69) is 11.4 Å². The second kappa shape index (κ2) is 8.32. The number of carbonyl (C=O) groups is 1. The van der Waals surface area contributed by atoms with Crippen molar-refractivity contribution in [1.29, 1.82) is 0 Å². The zero-order valence-electron chi connectivity index (χ0n) is 17.1. The highest BCUT2D eigenvalue weighted by atomic mass is 32.2. The topological polar surface area (TPSA) is 84.9 Å². The van der Waals surface area contributed by atoms with Crippen molar-refractivity contribution in [3.63, 3.8) is 0 Å². The number of anilines is 1. The van der Waals surface area contributed by atoms with Gasteiger partial charge >= 0.3 is 0 Å². The smallest absolute Gasteiger partial charge is 0.263 e. The van der Waals surface area contributed by atoms with Crippen LogP contribution in [0.4, 0.5) is 5.69 Å². The molecule has 0 radical (unpaired) electrons. The van der Waals surface area contributed by atoms with Crippen molar-refractivity contribution in [3.05, 3.63) is 53.1 Å². The molecule has 0 unspecified atom stereocenters. The van der Waals surface area contributed by atoms with Crippen molar-refractivity contribution in [2.24, 2.45) is 0 Å². The Hall–Kier alpha value is -2.74. The molecule has 2 aromatic rings. The van der Waals surface area contributed by atoms with Gasteiger partial charge < -0.3 is 14.8 Å². The fourth-order valence-electron chi connectivity index (χ4n) is 3.28. The lowest BCUT2D eigenvalue weighted by Gasteiger charge is -2.34. The zero-order valence-corrected chi connectivity index (χ0v) is 17.9. The molecule has 7 nitrogen and oxygen atoms in total. The predicted octanol–water partition coefficient (Wildman–Crippen LogP) is 2.33. The summed E-state index contributed by atoms with van der Waals surface area (Å²) in [6.45, 7) is 6.38. The highest BCUT2D eigenvalue weighted by Crippen LogP contribution is 2.35. The quantitative estimate of drug-likeness (QED) is 0.728. The highest BCUT2D eigenvalue weighted by molar-refractivity contribution is 7.92. The predicted molar refractivity (Wildman–Crippen MR) is 112 cm³/mol. The standard InChI is InChI=1S/C21H26N2O5S/c1-14-5-6-18-19(12-14)28-20(13-23(18)29(4,25)26)21(24)22-7-8-27-17-10-15(2)9-16(3)11-17/h5-6,9-12,20H,7-8,13H2,1-4H3,(H,22,24)/t20-/m1/s1. The van der Waals surface area contributed by atoms with Crippen LogP contribution in [0.5, 0.6) is 11.5 Å². The summed E-state index contributed by atoms with van der Waals surface area (Å²) in [5.41, 5.74) is 3.57. The van der Waals surface area contributed by atoms with Gasteiger partial charge in [-0.3, -0.25) is 9.10 Å². The number of ether oxygens (including phenoxy) is 2. The van der Waals surface area contributed by atoms with Gasteiger partial charge in [0.1, 0.15) is 18.1 Å². The van der Waals surface area contributed by atoms with E-state index < -0.39 is 16.1 Å². The molecule has 0 bridgehead atoms. The third kappa shape index (κ3) is 5.20. The van der Waals surface area contributed by atoms with Crippen molar-refractivity contribution in [2.45, 2.75) is 26.9 Å². The van der Waals surface area contributed by atoms with Crippen LogP contribution in [0, 0.1) is 20.8 Å². The Kier molecular flexibility index (Phi) is 6.02. The average molecular weight is 419 g/mol. The summed E-state index contributed by atoms with van der Waals surface area (Å²) < 4.78 is 37.1. The molecule has 1 atom stereocenters. The number of fused-ring (bicyclic) bond motifs is 1. The number of carbonyl (C=O) groups excluding carboxylic acids is 1. The fraction of sp³-hybridized carbons (Fsp3) is 0.381. The van der Waals surface area contributed by atoms with Crippen LogP contribution in [0.3, 0.4) is 0 Å². The Balaban J connectivity index is 1.62. The van der Waals surface area contributed by atoms with Crippen molar-refractivity contribution in [3.8, 4) is 11.5 Å². The van der Waals surface area contributed by atoms with Crippen LogP contribution < -0.4 is 19.1 Å². The largest absolute Gasteiger partial charge is 0.492 e. The summed E-state index contributed by atoms with van der Waals surface area (Å²) in [6, 6.07) is 11.2. The summed E-state index contributed by atoms with van der Waals surface area (Å²) in [7, 11) is -3.54. The highest BCUT2D eigenvalue weighted by Gasteiger charge is 2.34. The number of benzene rings is 2. The summed E-state index contributed by atoms with van der Waals surface area (Å²) in [4.78, 5) is 12.6. The second-order valence-electron chi connectivity index (χ2n) is 7.33. The number of sulfonamides is 1. The first-order valence-electron chi connectivity index (χ1n) is 9.37. The maximum absolute atomic E-state index is 12.6. The summed E-state index contributed by atoms with van der Waals surface area (Å²) in [5, 5.41) is 2.76. The molecule has 0 saturated carbocycles. The van der Waals surface area contributed by atoms with Gasteiger partial charge in [-0.1, -0.05) is 12.1 Å². The van der Waals surface area contributed by atoms with Crippen molar-refractivity contribution in [2.75, 3.05) is 30.3 Å². The van der Waals surface area contributed by atoms with Gasteiger partial charge in [0.2, 0.25) is 10.0 Å². The first-order chi connectivity index (χ1) is 13.6. The third-order valence-electron chi connectivity index (χ3n) is 4.54. The molecule has 0 saturated heterocycles. The normalized spacial score (nSPS) is 16.0. The van der Waals surface area contributed by atoms with Crippen molar-refractivity contribution in [1.82, 2.24) is 5.32 Å². The molecular weight excluding hydrogens is 392 g/mol. The van der Waals surface area contributed by atoms with E-state index >= 15 is 0 Å². The minimum Gasteiger partial charge on any atom is -0.492 e. The number of nitrogens with one attached hydrogen (secondary N) is 1. The van der Waals surface area contributed by atoms with Crippen LogP contribution in [-0.4, -0.2) is 46.4 Å². The van der Waals surface area contributed by atoms with E-state index in [4.69, 9.17) is 9.47 Å². The molecule has 1 amide bonds. The van der Waals surface area contributed by atoms with Crippen LogP contribution in [0.2, 0.25) is 0 Å². The molecule has 1 heterocycles. The molecule has 0 aliphatic carbocycles. The Morgan fingerprint density at radius 2 is 1.83 bits per heavy atom. The average Bonchev–Trinajstić information content (AvgIpc) is 2.62. The minimum absolute atomic E-state index is 0.0708. The summed E-state index contributed by atoms with van der Waals surface area (Å²) in [5.74, 6) is 0.751. The summed E-state index contributed by atoms with van der Waals surface area (Å²) >= 11 is 0. The van der Waals surface area contributed by atoms with Crippen LogP contribution in [0.1, 0.15) is 16.7 Å². The number of hydrogen-bond donors (Lipinski definition) is 1. The Morgan fingerprint density at radius 3 is 2.48 bits per heavy atom. The molecule has 1 aliphatic rings. The van der Waals surface area contributed by atoms with E-state index in [-0.39, 0.29) is 19.0 Å². The van der Waals surface area contributed by atoms with E-state index in [0.29, 0.717) is 18.0 Å². The molecule has 0 spiro atoms. The SMILES string of the molecule is Cc1cc(C)cc(OCCNC(=O)[C@H]2CN(S(C)(=O)=O)c3ccc(C)cc3O2)c1. The molecule has 8 heteroatoms. The molecular formula is C21H26N2O5S. The maximum atomic E-state index is 12.6. The lowest BCUT2D eigenvalue weighted by Crippen LogP contribution is -2.51. The first kappa shape index (κ1) is 21.0. The van der Waals surface area contributed by atoms with E-state index in [1.807, 2.05) is 39.0 Å². The fourth-order valence-corrected chi connectivity index (χ4v) is 4.20. The maximum Gasteiger partial charge on any atom is 0.263 e. The van der Waals surface area contributed by atoms with Gasteiger partial charge in [0.05, 0.1) is 25.0 Å². The van der Waals surface area contributed by atoms with E-state index in [1.165, 1.54) is 4.31 Å². The van der Waals surface area contributed by atoms with Gasteiger partial charge in [-0.05, 0) is 61.7 Å². The van der Waals surface area contributed by atoms with Crippen LogP contribution >= 0.6 is 0 Å². The van der Waals surface area contributed by atoms with Crippen LogP contribution in [-0.2, 0) is 14.8 Å². The van der Waals surface area contributed by atoms with E-state index in [1.54, 1.807) is 12.1 Å². The van der Waals surface area contributed by atoms with Gasteiger partial charge in [0.25, 0.3) is 5.91 Å². The minimum atomic E-state index is -3.54. The van der Waals surface area contributed by atoms with Gasteiger partial charge in [-0.15, -0.1) is 0 Å². The monoisotopic (exact) mass is 418 g/mol. The van der Waals surface area contributed by atoms with E-state index in [0.717, 1.165) is 28.7 Å².